The minimum absolute atomic E-state index is 0.0471. The molecule has 3 heterocycles. The summed E-state index contributed by atoms with van der Waals surface area (Å²) in [6, 6.07) is 6.59. The number of rotatable bonds is 7. The van der Waals surface area contributed by atoms with Crippen LogP contribution in [0.25, 0.3) is 17.2 Å². The number of likely N-dealkylation sites (tertiary alicyclic amines) is 1. The van der Waals surface area contributed by atoms with E-state index in [0.717, 1.165) is 73.5 Å². The molecular weight excluding hydrogens is 440 g/mol. The Morgan fingerprint density at radius 2 is 2.03 bits per heavy atom. The Bertz CT molecular complexity index is 1260. The van der Waals surface area contributed by atoms with Crippen LogP contribution in [0.4, 0.5) is 0 Å². The Kier molecular flexibility index (Phi) is 5.76. The van der Waals surface area contributed by atoms with Gasteiger partial charge in [0.1, 0.15) is 5.75 Å². The molecule has 1 amide bonds. The number of methoxy groups -OCH3 is 1. The Hall–Kier alpha value is -3.26. The number of ether oxygens (including phenoxy) is 1. The number of hydrogen-bond acceptors (Lipinski definition) is 6. The Morgan fingerprint density at radius 1 is 1.17 bits per heavy atom. The average molecular weight is 473 g/mol. The van der Waals surface area contributed by atoms with Crippen LogP contribution in [0.15, 0.2) is 30.6 Å². The Balaban J connectivity index is 1.31. The second-order valence-electron chi connectivity index (χ2n) is 9.83. The van der Waals surface area contributed by atoms with Crippen molar-refractivity contribution in [2.45, 2.75) is 57.4 Å². The van der Waals surface area contributed by atoms with Crippen molar-refractivity contribution in [3.8, 4) is 23.0 Å². The summed E-state index contributed by atoms with van der Waals surface area (Å²) >= 11 is 0. The number of aromatic nitrogens is 4. The number of aryl methyl sites for hydroxylation is 2. The molecule has 1 aliphatic heterocycles. The molecule has 0 bridgehead atoms. The minimum atomic E-state index is -0.0471. The van der Waals surface area contributed by atoms with Crippen molar-refractivity contribution in [2.24, 2.45) is 0 Å². The van der Waals surface area contributed by atoms with Crippen LogP contribution in [-0.4, -0.2) is 63.3 Å². The summed E-state index contributed by atoms with van der Waals surface area (Å²) in [7, 11) is 1.68. The second-order valence-corrected chi connectivity index (χ2v) is 9.83. The number of likely N-dealkylation sites (N-methyl/N-ethyl adjacent to an activating group) is 1. The first-order chi connectivity index (χ1) is 17.2. The van der Waals surface area contributed by atoms with Gasteiger partial charge in [-0.1, -0.05) is 13.0 Å². The molecule has 2 aliphatic carbocycles. The summed E-state index contributed by atoms with van der Waals surface area (Å²) in [5, 5.41) is 7.79. The van der Waals surface area contributed by atoms with Crippen LogP contribution in [0.5, 0.6) is 5.75 Å². The van der Waals surface area contributed by atoms with Gasteiger partial charge in [0.2, 0.25) is 0 Å². The third-order valence-electron chi connectivity index (χ3n) is 7.70. The highest BCUT2D eigenvalue weighted by Gasteiger charge is 2.34. The van der Waals surface area contributed by atoms with E-state index in [9.17, 15) is 4.79 Å². The SMILES string of the molecule is CCN1CCC[C@@H]1CNC(=O)c1cnn(-c2ncc3c(n2)-c2cc(OC)ccc2CC3)c1C1CC1. The smallest absolute Gasteiger partial charge is 0.254 e. The number of carbonyl (C=O) groups excluding carboxylic acids is 1. The lowest BCUT2D eigenvalue weighted by Gasteiger charge is -2.22. The highest BCUT2D eigenvalue weighted by atomic mass is 16.5. The second kappa shape index (κ2) is 9.07. The van der Waals surface area contributed by atoms with E-state index in [1.54, 1.807) is 18.0 Å². The zero-order chi connectivity index (χ0) is 23.9. The summed E-state index contributed by atoms with van der Waals surface area (Å²) < 4.78 is 7.25. The van der Waals surface area contributed by atoms with Crippen LogP contribution in [-0.2, 0) is 12.8 Å². The highest BCUT2D eigenvalue weighted by Crippen LogP contribution is 2.42. The molecule has 1 saturated heterocycles. The van der Waals surface area contributed by atoms with Crippen LogP contribution in [0, 0.1) is 0 Å². The zero-order valence-electron chi connectivity index (χ0n) is 20.5. The van der Waals surface area contributed by atoms with Gasteiger partial charge < -0.3 is 10.1 Å². The lowest BCUT2D eigenvalue weighted by molar-refractivity contribution is 0.0940. The van der Waals surface area contributed by atoms with Gasteiger partial charge in [-0.2, -0.15) is 5.10 Å². The normalized spacial score (nSPS) is 19.3. The van der Waals surface area contributed by atoms with E-state index in [4.69, 9.17) is 9.72 Å². The summed E-state index contributed by atoms with van der Waals surface area (Å²) in [6.07, 6.45) is 9.93. The Morgan fingerprint density at radius 3 is 2.83 bits per heavy atom. The predicted molar refractivity (Wildman–Crippen MR) is 133 cm³/mol. The monoisotopic (exact) mass is 472 g/mol. The van der Waals surface area contributed by atoms with E-state index in [-0.39, 0.29) is 5.91 Å². The van der Waals surface area contributed by atoms with Gasteiger partial charge in [-0.15, -0.1) is 0 Å². The third kappa shape index (κ3) is 4.10. The Labute approximate surface area is 205 Å². The van der Waals surface area contributed by atoms with Crippen molar-refractivity contribution in [1.82, 2.24) is 30.0 Å². The largest absolute Gasteiger partial charge is 0.497 e. The number of nitrogens with zero attached hydrogens (tertiary/aromatic N) is 5. The number of nitrogens with one attached hydrogen (secondary N) is 1. The van der Waals surface area contributed by atoms with E-state index in [0.29, 0.717) is 30.0 Å². The summed E-state index contributed by atoms with van der Waals surface area (Å²) in [5.41, 5.74) is 5.99. The van der Waals surface area contributed by atoms with Crippen LogP contribution in [0.2, 0.25) is 0 Å². The number of carbonyl (C=O) groups is 1. The van der Waals surface area contributed by atoms with Gasteiger partial charge in [-0.25, -0.2) is 14.6 Å². The molecule has 35 heavy (non-hydrogen) atoms. The maximum atomic E-state index is 13.2. The lowest BCUT2D eigenvalue weighted by Crippen LogP contribution is -2.40. The van der Waals surface area contributed by atoms with Crippen LogP contribution in [0.3, 0.4) is 0 Å². The molecule has 3 aromatic rings. The first-order valence-corrected chi connectivity index (χ1v) is 12.8. The standard InChI is InChI=1S/C27H32N6O2/c1-3-32-12-4-5-20(32)15-28-26(34)23-16-30-33(25(23)18-7-8-18)27-29-14-19-9-6-17-10-11-21(35-2)13-22(17)24(19)31-27/h10-11,13-14,16,18,20H,3-9,12,15H2,1-2H3,(H,28,34)/t20-/m1/s1. The highest BCUT2D eigenvalue weighted by molar-refractivity contribution is 5.95. The number of amides is 1. The fraction of sp³-hybridized carbons (Fsp3) is 0.481. The summed E-state index contributed by atoms with van der Waals surface area (Å²) in [5.74, 6) is 1.61. The van der Waals surface area contributed by atoms with Gasteiger partial charge in [0.15, 0.2) is 0 Å². The molecule has 0 unspecified atom stereocenters. The number of fused-ring (bicyclic) bond motifs is 3. The summed E-state index contributed by atoms with van der Waals surface area (Å²) in [4.78, 5) is 25.3. The zero-order valence-corrected chi connectivity index (χ0v) is 20.5. The topological polar surface area (TPSA) is 85.2 Å². The van der Waals surface area contributed by atoms with Gasteiger partial charge in [-0.3, -0.25) is 9.69 Å². The maximum Gasteiger partial charge on any atom is 0.254 e. The van der Waals surface area contributed by atoms with Crippen molar-refractivity contribution >= 4 is 5.91 Å². The van der Waals surface area contributed by atoms with Gasteiger partial charge in [0.05, 0.1) is 30.3 Å². The molecule has 2 fully saturated rings. The molecule has 6 rings (SSSR count). The van der Waals surface area contributed by atoms with E-state index < -0.39 is 0 Å². The van der Waals surface area contributed by atoms with Crippen LogP contribution in [0.1, 0.15) is 65.7 Å². The molecular formula is C27H32N6O2. The van der Waals surface area contributed by atoms with Crippen molar-refractivity contribution < 1.29 is 9.53 Å². The molecule has 0 spiro atoms. The maximum absolute atomic E-state index is 13.2. The minimum Gasteiger partial charge on any atom is -0.497 e. The number of hydrogen-bond donors (Lipinski definition) is 1. The fourth-order valence-electron chi connectivity index (χ4n) is 5.60. The average Bonchev–Trinajstić information content (AvgIpc) is 3.46. The van der Waals surface area contributed by atoms with Crippen molar-refractivity contribution in [2.75, 3.05) is 26.7 Å². The molecule has 8 nitrogen and oxygen atoms in total. The van der Waals surface area contributed by atoms with E-state index >= 15 is 0 Å². The van der Waals surface area contributed by atoms with Crippen molar-refractivity contribution in [1.29, 1.82) is 0 Å². The molecule has 1 saturated carbocycles. The van der Waals surface area contributed by atoms with Gasteiger partial charge in [0, 0.05) is 30.3 Å². The van der Waals surface area contributed by atoms with Crippen LogP contribution >= 0.6 is 0 Å². The summed E-state index contributed by atoms with van der Waals surface area (Å²) in [6.45, 7) is 5.00. The molecule has 8 heteroatoms. The van der Waals surface area contributed by atoms with Gasteiger partial charge in [0.25, 0.3) is 11.9 Å². The van der Waals surface area contributed by atoms with E-state index in [1.807, 2.05) is 12.3 Å². The molecule has 1 atom stereocenters. The number of benzene rings is 1. The van der Waals surface area contributed by atoms with Crippen molar-refractivity contribution in [3.63, 3.8) is 0 Å². The van der Waals surface area contributed by atoms with E-state index in [2.05, 4.69) is 39.4 Å². The molecule has 0 radical (unpaired) electrons. The lowest BCUT2D eigenvalue weighted by atomic mass is 9.90. The quantitative estimate of drug-likeness (QED) is 0.566. The molecule has 2 aromatic heterocycles. The molecule has 3 aliphatic rings. The van der Waals surface area contributed by atoms with Crippen LogP contribution < -0.4 is 10.1 Å². The molecule has 182 valence electrons. The molecule has 1 N–H and O–H groups in total. The molecule has 1 aromatic carbocycles. The first-order valence-electron chi connectivity index (χ1n) is 12.8. The van der Waals surface area contributed by atoms with Gasteiger partial charge >= 0.3 is 0 Å². The van der Waals surface area contributed by atoms with E-state index in [1.165, 1.54) is 12.0 Å². The third-order valence-corrected chi connectivity index (χ3v) is 7.70. The van der Waals surface area contributed by atoms with Gasteiger partial charge in [-0.05, 0) is 74.9 Å². The first kappa shape index (κ1) is 22.2. The van der Waals surface area contributed by atoms with Crippen molar-refractivity contribution in [3.05, 3.63) is 53.0 Å². The fourth-order valence-corrected chi connectivity index (χ4v) is 5.60. The predicted octanol–water partition coefficient (Wildman–Crippen LogP) is 3.53.